The summed E-state index contributed by atoms with van der Waals surface area (Å²) in [5.41, 5.74) is 4.22. The van der Waals surface area contributed by atoms with Gasteiger partial charge in [0, 0.05) is 23.1 Å². The molecule has 1 amide bonds. The van der Waals surface area contributed by atoms with Crippen LogP contribution in [0.2, 0.25) is 5.02 Å². The van der Waals surface area contributed by atoms with Gasteiger partial charge in [-0.25, -0.2) is 4.79 Å². The summed E-state index contributed by atoms with van der Waals surface area (Å²) in [5.74, 6) is -0.796. The Hall–Kier alpha value is -2.59. The van der Waals surface area contributed by atoms with Gasteiger partial charge < -0.3 is 9.64 Å². The summed E-state index contributed by atoms with van der Waals surface area (Å²) < 4.78 is 5.38. The predicted octanol–water partition coefficient (Wildman–Crippen LogP) is 5.39. The topological polar surface area (TPSA) is 46.6 Å². The first-order chi connectivity index (χ1) is 14.0. The Morgan fingerprint density at radius 1 is 1.14 bits per heavy atom. The number of allylic oxidation sites excluding steroid dienone is 1. The number of aryl methyl sites for hydroxylation is 1. The van der Waals surface area contributed by atoms with Crippen LogP contribution in [0.3, 0.4) is 0 Å². The van der Waals surface area contributed by atoms with E-state index in [1.807, 2.05) is 56.3 Å². The summed E-state index contributed by atoms with van der Waals surface area (Å²) in [5, 5.41) is 0.550. The van der Waals surface area contributed by atoms with Gasteiger partial charge in [0.05, 0.1) is 18.7 Å². The molecule has 2 aromatic carbocycles. The third-order valence-electron chi connectivity index (χ3n) is 5.24. The van der Waals surface area contributed by atoms with Crippen LogP contribution in [0.25, 0.3) is 0 Å². The second-order valence-corrected chi connectivity index (χ2v) is 7.59. The van der Waals surface area contributed by atoms with Crippen LogP contribution in [0, 0.1) is 6.92 Å². The molecule has 152 valence electrons. The van der Waals surface area contributed by atoms with Gasteiger partial charge in [-0.3, -0.25) is 4.79 Å². The van der Waals surface area contributed by atoms with Gasteiger partial charge in [0.1, 0.15) is 0 Å². The van der Waals surface area contributed by atoms with E-state index < -0.39 is 5.92 Å². The van der Waals surface area contributed by atoms with E-state index in [0.717, 1.165) is 16.7 Å². The molecule has 0 unspecified atom stereocenters. The van der Waals surface area contributed by atoms with Gasteiger partial charge in [-0.1, -0.05) is 66.6 Å². The molecule has 0 fully saturated rings. The fourth-order valence-corrected chi connectivity index (χ4v) is 4.08. The number of carbonyl (C=O) groups is 2. The molecular formula is C24H26ClNO3. The van der Waals surface area contributed by atoms with Crippen molar-refractivity contribution in [2.45, 2.75) is 46.1 Å². The second-order valence-electron chi connectivity index (χ2n) is 7.18. The standard InChI is InChI=1S/C24H26ClNO3/c1-4-21-23(24(28)29-5-2)19(18-8-6-7-9-20(18)25)14-22(27)26(21)15-17-12-10-16(3)11-13-17/h6-13,19H,4-5,14-15H2,1-3H3/t19-/m1/s1. The molecule has 1 aliphatic heterocycles. The summed E-state index contributed by atoms with van der Waals surface area (Å²) >= 11 is 6.42. The minimum Gasteiger partial charge on any atom is -0.463 e. The molecule has 1 atom stereocenters. The molecule has 1 aliphatic rings. The first-order valence-corrected chi connectivity index (χ1v) is 10.3. The lowest BCUT2D eigenvalue weighted by molar-refractivity contribution is -0.140. The number of esters is 1. The van der Waals surface area contributed by atoms with Crippen molar-refractivity contribution in [2.75, 3.05) is 6.61 Å². The number of benzene rings is 2. The maximum absolute atomic E-state index is 13.2. The molecule has 29 heavy (non-hydrogen) atoms. The molecule has 0 saturated carbocycles. The Balaban J connectivity index is 2.09. The van der Waals surface area contributed by atoms with Crippen molar-refractivity contribution < 1.29 is 14.3 Å². The third-order valence-corrected chi connectivity index (χ3v) is 5.58. The van der Waals surface area contributed by atoms with Crippen LogP contribution in [0.5, 0.6) is 0 Å². The molecule has 0 bridgehead atoms. The lowest BCUT2D eigenvalue weighted by Crippen LogP contribution is -2.39. The van der Waals surface area contributed by atoms with Gasteiger partial charge in [-0.2, -0.15) is 0 Å². The monoisotopic (exact) mass is 411 g/mol. The molecule has 3 rings (SSSR count). The van der Waals surface area contributed by atoms with Crippen LogP contribution in [0.4, 0.5) is 0 Å². The second kappa shape index (κ2) is 9.27. The van der Waals surface area contributed by atoms with Crippen LogP contribution in [-0.2, 0) is 20.9 Å². The first-order valence-electron chi connectivity index (χ1n) is 9.96. The highest BCUT2D eigenvalue weighted by atomic mass is 35.5. The average Bonchev–Trinajstić information content (AvgIpc) is 2.71. The Morgan fingerprint density at radius 2 is 1.83 bits per heavy atom. The van der Waals surface area contributed by atoms with E-state index in [4.69, 9.17) is 16.3 Å². The number of nitrogens with zero attached hydrogens (tertiary/aromatic N) is 1. The van der Waals surface area contributed by atoms with Crippen LogP contribution in [-0.4, -0.2) is 23.4 Å². The molecule has 0 aliphatic carbocycles. The highest BCUT2D eigenvalue weighted by Gasteiger charge is 2.38. The summed E-state index contributed by atoms with van der Waals surface area (Å²) in [6.45, 7) is 6.48. The average molecular weight is 412 g/mol. The predicted molar refractivity (Wildman–Crippen MR) is 114 cm³/mol. The largest absolute Gasteiger partial charge is 0.463 e. The van der Waals surface area contributed by atoms with Crippen LogP contribution < -0.4 is 0 Å². The molecule has 0 radical (unpaired) electrons. The molecule has 0 spiro atoms. The van der Waals surface area contributed by atoms with E-state index in [2.05, 4.69) is 0 Å². The number of hydrogen-bond acceptors (Lipinski definition) is 3. The van der Waals surface area contributed by atoms with Gasteiger partial charge in [0.2, 0.25) is 5.91 Å². The lowest BCUT2D eigenvalue weighted by atomic mass is 9.82. The summed E-state index contributed by atoms with van der Waals surface area (Å²) in [4.78, 5) is 27.8. The van der Waals surface area contributed by atoms with E-state index in [1.165, 1.54) is 0 Å². The fourth-order valence-electron chi connectivity index (χ4n) is 3.82. The highest BCUT2D eigenvalue weighted by Crippen LogP contribution is 2.41. The van der Waals surface area contributed by atoms with E-state index >= 15 is 0 Å². The molecule has 4 nitrogen and oxygen atoms in total. The molecule has 0 N–H and O–H groups in total. The van der Waals surface area contributed by atoms with Crippen molar-refractivity contribution >= 4 is 23.5 Å². The van der Waals surface area contributed by atoms with Gasteiger partial charge >= 0.3 is 5.97 Å². The number of rotatable bonds is 6. The van der Waals surface area contributed by atoms with Gasteiger partial charge in [-0.05, 0) is 37.5 Å². The van der Waals surface area contributed by atoms with Gasteiger partial charge in [0.15, 0.2) is 0 Å². The van der Waals surface area contributed by atoms with E-state index in [9.17, 15) is 9.59 Å². The summed E-state index contributed by atoms with van der Waals surface area (Å²) in [6, 6.07) is 15.5. The molecule has 1 heterocycles. The maximum Gasteiger partial charge on any atom is 0.336 e. The third kappa shape index (κ3) is 4.54. The summed E-state index contributed by atoms with van der Waals surface area (Å²) in [7, 11) is 0. The van der Waals surface area contributed by atoms with Crippen molar-refractivity contribution in [3.05, 3.63) is 81.5 Å². The Morgan fingerprint density at radius 3 is 2.45 bits per heavy atom. The number of halogens is 1. The fraction of sp³-hybridized carbons (Fsp3) is 0.333. The molecule has 0 aromatic heterocycles. The zero-order valence-corrected chi connectivity index (χ0v) is 17.8. The van der Waals surface area contributed by atoms with E-state index in [1.54, 1.807) is 17.9 Å². The SMILES string of the molecule is CCOC(=O)C1=C(CC)N(Cc2ccc(C)cc2)C(=O)C[C@@H]1c1ccccc1Cl. The van der Waals surface area contributed by atoms with Crippen LogP contribution in [0.1, 0.15) is 49.3 Å². The van der Waals surface area contributed by atoms with E-state index in [0.29, 0.717) is 29.3 Å². The van der Waals surface area contributed by atoms with E-state index in [-0.39, 0.29) is 24.9 Å². The smallest absolute Gasteiger partial charge is 0.336 e. The Kier molecular flexibility index (Phi) is 6.75. The zero-order valence-electron chi connectivity index (χ0n) is 17.1. The van der Waals surface area contributed by atoms with Crippen molar-refractivity contribution in [2.24, 2.45) is 0 Å². The Labute approximate surface area is 177 Å². The van der Waals surface area contributed by atoms with Crippen molar-refractivity contribution in [1.82, 2.24) is 4.90 Å². The first kappa shape index (κ1) is 21.1. The zero-order chi connectivity index (χ0) is 21.0. The van der Waals surface area contributed by atoms with Gasteiger partial charge in [-0.15, -0.1) is 0 Å². The molecule has 0 saturated heterocycles. The minimum absolute atomic E-state index is 0.0135. The molecular weight excluding hydrogens is 386 g/mol. The summed E-state index contributed by atoms with van der Waals surface area (Å²) in [6.07, 6.45) is 0.736. The lowest BCUT2D eigenvalue weighted by Gasteiger charge is -2.36. The van der Waals surface area contributed by atoms with Gasteiger partial charge in [0.25, 0.3) is 0 Å². The van der Waals surface area contributed by atoms with Crippen molar-refractivity contribution in [3.63, 3.8) is 0 Å². The highest BCUT2D eigenvalue weighted by molar-refractivity contribution is 6.31. The number of carbonyl (C=O) groups excluding carboxylic acids is 2. The van der Waals surface area contributed by atoms with Crippen LogP contribution in [0.15, 0.2) is 59.8 Å². The number of ether oxygens (including phenoxy) is 1. The molecule has 5 heteroatoms. The maximum atomic E-state index is 13.2. The minimum atomic E-state index is -0.403. The quantitative estimate of drug-likeness (QED) is 0.598. The normalized spacial score (nSPS) is 16.9. The molecule has 2 aromatic rings. The number of amides is 1. The number of hydrogen-bond donors (Lipinski definition) is 0. The van der Waals surface area contributed by atoms with Crippen molar-refractivity contribution in [1.29, 1.82) is 0 Å². The van der Waals surface area contributed by atoms with Crippen molar-refractivity contribution in [3.8, 4) is 0 Å². The Bertz CT molecular complexity index is 933. The van der Waals surface area contributed by atoms with Crippen LogP contribution >= 0.6 is 11.6 Å².